The predicted molar refractivity (Wildman–Crippen MR) is 168 cm³/mol. The van der Waals surface area contributed by atoms with Gasteiger partial charge in [0.25, 0.3) is 0 Å². The van der Waals surface area contributed by atoms with Gasteiger partial charge in [0, 0.05) is 30.3 Å². The number of fused-ring (bicyclic) bond motifs is 3. The Kier molecular flexibility index (Phi) is 17.0. The second-order valence-electron chi connectivity index (χ2n) is 10.4. The van der Waals surface area contributed by atoms with Gasteiger partial charge >= 0.3 is 12.1 Å². The lowest BCUT2D eigenvalue weighted by molar-refractivity contribution is -0.139. The highest BCUT2D eigenvalue weighted by atomic mass is 16.6. The van der Waals surface area contributed by atoms with Gasteiger partial charge in [0.1, 0.15) is 12.6 Å². The highest BCUT2D eigenvalue weighted by Crippen LogP contribution is 2.44. The van der Waals surface area contributed by atoms with Gasteiger partial charge in [-0.1, -0.05) is 53.6 Å². The molecule has 1 aliphatic rings. The van der Waals surface area contributed by atoms with Crippen LogP contribution in [-0.4, -0.2) is 102 Å². The molecule has 14 heteroatoms. The SMILES string of the molecule is [N-]=[N+]=NCCOCCOCCOCCOCCC(=O)NCCCCC(NC(=O)OCC1c2ccccc2-c2ccccc21)C(=O)O. The van der Waals surface area contributed by atoms with E-state index in [9.17, 15) is 19.5 Å². The van der Waals surface area contributed by atoms with Gasteiger partial charge in [0.05, 0.1) is 52.9 Å². The number of rotatable bonds is 24. The van der Waals surface area contributed by atoms with Crippen molar-refractivity contribution >= 4 is 18.0 Å². The lowest BCUT2D eigenvalue weighted by Crippen LogP contribution is -2.41. The van der Waals surface area contributed by atoms with Gasteiger partial charge in [-0.15, -0.1) is 0 Å². The molecule has 0 fully saturated rings. The van der Waals surface area contributed by atoms with Crippen LogP contribution in [0.25, 0.3) is 21.6 Å². The molecule has 14 nitrogen and oxygen atoms in total. The second-order valence-corrected chi connectivity index (χ2v) is 10.4. The van der Waals surface area contributed by atoms with Gasteiger partial charge < -0.3 is 39.4 Å². The Morgan fingerprint density at radius 3 is 1.98 bits per heavy atom. The Morgan fingerprint density at radius 2 is 1.39 bits per heavy atom. The summed E-state index contributed by atoms with van der Waals surface area (Å²) in [5.74, 6) is -1.42. The topological polar surface area (TPSA) is 190 Å². The van der Waals surface area contributed by atoms with Crippen LogP contribution in [0.1, 0.15) is 42.7 Å². The third-order valence-corrected chi connectivity index (χ3v) is 7.16. The van der Waals surface area contributed by atoms with E-state index in [0.29, 0.717) is 72.2 Å². The Labute approximate surface area is 268 Å². The molecule has 1 unspecified atom stereocenters. The summed E-state index contributed by atoms with van der Waals surface area (Å²) in [4.78, 5) is 38.9. The molecule has 0 radical (unpaired) electrons. The van der Waals surface area contributed by atoms with Crippen LogP contribution in [0, 0.1) is 0 Å². The van der Waals surface area contributed by atoms with Crippen LogP contribution in [0.5, 0.6) is 0 Å². The standard InChI is InChI=1S/C32H43N5O9/c33-37-35-14-16-43-18-20-45-22-21-44-19-17-42-15-12-30(38)34-13-6-5-11-29(31(39)40)36-32(41)46-23-28-26-9-3-1-7-24(26)25-8-2-4-10-27(25)28/h1-4,7-10,28-29H,5-6,11-23H2,(H,34,38)(H,36,41)(H,39,40). The lowest BCUT2D eigenvalue weighted by atomic mass is 9.98. The van der Waals surface area contributed by atoms with Crippen LogP contribution < -0.4 is 10.6 Å². The molecule has 0 saturated heterocycles. The van der Waals surface area contributed by atoms with E-state index in [2.05, 4.69) is 20.7 Å². The Bertz CT molecular complexity index is 1240. The van der Waals surface area contributed by atoms with Crippen molar-refractivity contribution in [2.45, 2.75) is 37.6 Å². The van der Waals surface area contributed by atoms with E-state index >= 15 is 0 Å². The molecule has 2 aromatic carbocycles. The van der Waals surface area contributed by atoms with Gasteiger partial charge in [-0.25, -0.2) is 9.59 Å². The number of alkyl carbamates (subject to hydrolysis) is 1. The molecule has 3 rings (SSSR count). The van der Waals surface area contributed by atoms with Gasteiger partial charge in [-0.05, 0) is 47.0 Å². The molecule has 1 atom stereocenters. The van der Waals surface area contributed by atoms with E-state index in [4.69, 9.17) is 29.2 Å². The van der Waals surface area contributed by atoms with Crippen LogP contribution in [0.3, 0.4) is 0 Å². The normalized spacial score (nSPS) is 12.4. The van der Waals surface area contributed by atoms with Crippen LogP contribution in [0.15, 0.2) is 53.6 Å². The number of hydrogen-bond donors (Lipinski definition) is 3. The number of carbonyl (C=O) groups is 3. The predicted octanol–water partition coefficient (Wildman–Crippen LogP) is 4.03. The fourth-order valence-electron chi connectivity index (χ4n) is 4.91. The average molecular weight is 642 g/mol. The number of ether oxygens (including phenoxy) is 5. The summed E-state index contributed by atoms with van der Waals surface area (Å²) in [5.41, 5.74) is 12.5. The third kappa shape index (κ3) is 13.0. The fourth-order valence-corrected chi connectivity index (χ4v) is 4.91. The van der Waals surface area contributed by atoms with Crippen LogP contribution in [-0.2, 0) is 33.3 Å². The molecule has 250 valence electrons. The molecule has 0 aromatic heterocycles. The minimum absolute atomic E-state index is 0.101. The van der Waals surface area contributed by atoms with E-state index in [-0.39, 0.29) is 37.9 Å². The number of nitrogens with zero attached hydrogens (tertiary/aromatic N) is 3. The first-order valence-corrected chi connectivity index (χ1v) is 15.4. The molecular formula is C32H43N5O9. The molecule has 0 spiro atoms. The Balaban J connectivity index is 1.18. The average Bonchev–Trinajstić information content (AvgIpc) is 3.38. The number of benzene rings is 2. The van der Waals surface area contributed by atoms with Crippen molar-refractivity contribution in [3.8, 4) is 11.1 Å². The van der Waals surface area contributed by atoms with Crippen molar-refractivity contribution in [2.75, 3.05) is 72.6 Å². The van der Waals surface area contributed by atoms with Crippen LogP contribution in [0.4, 0.5) is 4.79 Å². The molecule has 0 saturated carbocycles. The maximum atomic E-state index is 12.5. The number of carbonyl (C=O) groups excluding carboxylic acids is 2. The summed E-state index contributed by atoms with van der Waals surface area (Å²) in [6.45, 7) is 3.78. The number of carboxylic acids is 1. The first-order valence-electron chi connectivity index (χ1n) is 15.4. The molecular weight excluding hydrogens is 598 g/mol. The molecule has 0 bridgehead atoms. The summed E-state index contributed by atoms with van der Waals surface area (Å²) in [6.07, 6.45) is 0.673. The zero-order valence-electron chi connectivity index (χ0n) is 25.9. The largest absolute Gasteiger partial charge is 0.480 e. The Hall–Kier alpha value is -4.20. The molecule has 2 aromatic rings. The van der Waals surface area contributed by atoms with E-state index in [1.54, 1.807) is 0 Å². The highest BCUT2D eigenvalue weighted by molar-refractivity contribution is 5.81. The molecule has 1 aliphatic carbocycles. The number of carboxylic acid groups (broad SMARTS) is 1. The van der Waals surface area contributed by atoms with Crippen molar-refractivity contribution in [3.05, 3.63) is 70.1 Å². The van der Waals surface area contributed by atoms with Gasteiger partial charge in [0.2, 0.25) is 5.91 Å². The van der Waals surface area contributed by atoms with Gasteiger partial charge in [-0.3, -0.25) is 4.79 Å². The number of amides is 2. The summed E-state index contributed by atoms with van der Waals surface area (Å²) >= 11 is 0. The minimum Gasteiger partial charge on any atom is -0.480 e. The van der Waals surface area contributed by atoms with Crippen molar-refractivity contribution in [1.29, 1.82) is 0 Å². The van der Waals surface area contributed by atoms with Crippen molar-refractivity contribution < 1.29 is 43.2 Å². The summed E-state index contributed by atoms with van der Waals surface area (Å²) < 4.78 is 26.8. The van der Waals surface area contributed by atoms with E-state index in [1.165, 1.54) is 0 Å². The zero-order chi connectivity index (χ0) is 32.8. The number of nitrogens with one attached hydrogen (secondary N) is 2. The number of hydrogen-bond acceptors (Lipinski definition) is 9. The maximum absolute atomic E-state index is 12.5. The third-order valence-electron chi connectivity index (χ3n) is 7.16. The van der Waals surface area contributed by atoms with Crippen LogP contribution in [0.2, 0.25) is 0 Å². The maximum Gasteiger partial charge on any atom is 0.407 e. The second kappa shape index (κ2) is 21.5. The Morgan fingerprint density at radius 1 is 0.826 bits per heavy atom. The van der Waals surface area contributed by atoms with Crippen molar-refractivity contribution in [2.24, 2.45) is 5.11 Å². The fraction of sp³-hybridized carbons (Fsp3) is 0.531. The first kappa shape index (κ1) is 36.3. The summed E-state index contributed by atoms with van der Waals surface area (Å²) in [5, 5.41) is 18.2. The number of aliphatic carboxylic acids is 1. The number of azide groups is 1. The summed E-state index contributed by atoms with van der Waals surface area (Å²) in [6, 6.07) is 14.9. The van der Waals surface area contributed by atoms with Crippen LogP contribution >= 0.6 is 0 Å². The van der Waals surface area contributed by atoms with Crippen molar-refractivity contribution in [1.82, 2.24) is 10.6 Å². The molecule has 0 aliphatic heterocycles. The van der Waals surface area contributed by atoms with Gasteiger partial charge in [0.15, 0.2) is 0 Å². The number of unbranched alkanes of at least 4 members (excludes halogenated alkanes) is 1. The minimum atomic E-state index is -1.14. The smallest absolute Gasteiger partial charge is 0.407 e. The molecule has 0 heterocycles. The monoisotopic (exact) mass is 641 g/mol. The van der Waals surface area contributed by atoms with E-state index in [1.807, 2.05) is 48.5 Å². The quantitative estimate of drug-likeness (QED) is 0.0657. The molecule has 3 N–H and O–H groups in total. The molecule has 2 amide bonds. The lowest BCUT2D eigenvalue weighted by Gasteiger charge is -2.17. The highest BCUT2D eigenvalue weighted by Gasteiger charge is 2.29. The van der Waals surface area contributed by atoms with Gasteiger partial charge in [-0.2, -0.15) is 0 Å². The zero-order valence-corrected chi connectivity index (χ0v) is 25.9. The van der Waals surface area contributed by atoms with E-state index in [0.717, 1.165) is 22.3 Å². The van der Waals surface area contributed by atoms with Crippen molar-refractivity contribution in [3.63, 3.8) is 0 Å². The first-order chi connectivity index (χ1) is 22.5. The summed E-state index contributed by atoms with van der Waals surface area (Å²) in [7, 11) is 0. The molecule has 46 heavy (non-hydrogen) atoms. The van der Waals surface area contributed by atoms with E-state index < -0.39 is 18.1 Å².